The van der Waals surface area contributed by atoms with Crippen LogP contribution in [0.25, 0.3) is 0 Å². The minimum Gasteiger partial charge on any atom is -0.504 e. The summed E-state index contributed by atoms with van der Waals surface area (Å²) in [5, 5.41) is 24.1. The molecule has 5 atom stereocenters. The Labute approximate surface area is 268 Å². The fraction of sp³-hybridized carbons (Fsp3) is 0.513. The summed E-state index contributed by atoms with van der Waals surface area (Å²) in [5.74, 6) is 1.11. The third-order valence-corrected chi connectivity index (χ3v) is 11.6. The lowest BCUT2D eigenvalue weighted by atomic mass is 9.48. The topological polar surface area (TPSA) is 73.2 Å². The van der Waals surface area contributed by atoms with Gasteiger partial charge in [-0.15, -0.1) is 0 Å². The molecule has 7 rings (SSSR count). The first-order valence-corrected chi connectivity index (χ1v) is 17.0. The van der Waals surface area contributed by atoms with E-state index in [4.69, 9.17) is 4.74 Å². The van der Waals surface area contributed by atoms with E-state index in [2.05, 4.69) is 86.0 Å². The van der Waals surface area contributed by atoms with Gasteiger partial charge in [0.1, 0.15) is 6.10 Å². The van der Waals surface area contributed by atoms with Crippen LogP contribution in [0.3, 0.4) is 0 Å². The standard InChI is InChI=1S/C39H48N2O4/c1-25(2)24-41(34(43)15-12-29-11-10-26(3)27(4)22-29)31-16-18-39(44)33-23-30-13-14-32(42)36-35(30)38(39,37(31)45-36)19-21-40(33)20-17-28-8-6-5-7-9-28/h5-11,13-14,22,25,31,33,37,42,44H,12,15-21,23-24H2,1-4H3/t31?,33-,37?,38+,39-/m1/s1. The number of benzene rings is 3. The summed E-state index contributed by atoms with van der Waals surface area (Å²) >= 11 is 0. The van der Waals surface area contributed by atoms with E-state index in [0.29, 0.717) is 43.9 Å². The van der Waals surface area contributed by atoms with Crippen molar-refractivity contribution in [1.82, 2.24) is 9.80 Å². The zero-order valence-electron chi connectivity index (χ0n) is 27.3. The SMILES string of the molecule is Cc1ccc(CCC(=O)N(CC(C)C)C2CC[C@@]3(O)[C@H]4Cc5ccc(O)c6c5[C@@]3(CCN4CCc3ccccc3)C2O6)cc1C. The van der Waals surface area contributed by atoms with Crippen LogP contribution in [0, 0.1) is 19.8 Å². The molecule has 2 unspecified atom stereocenters. The lowest BCUT2D eigenvalue weighted by molar-refractivity contribution is -0.201. The number of aliphatic hydroxyl groups is 1. The van der Waals surface area contributed by atoms with Crippen LogP contribution in [0.2, 0.25) is 0 Å². The number of amides is 1. The number of rotatable bonds is 9. The summed E-state index contributed by atoms with van der Waals surface area (Å²) in [6, 6.07) is 20.7. The lowest BCUT2D eigenvalue weighted by Crippen LogP contribution is -2.78. The summed E-state index contributed by atoms with van der Waals surface area (Å²) < 4.78 is 6.83. The fourth-order valence-corrected chi connectivity index (χ4v) is 9.28. The highest BCUT2D eigenvalue weighted by Gasteiger charge is 2.73. The van der Waals surface area contributed by atoms with Crippen molar-refractivity contribution < 1.29 is 19.7 Å². The normalized spacial score (nSPS) is 28.1. The van der Waals surface area contributed by atoms with Crippen LogP contribution in [0.15, 0.2) is 60.7 Å². The molecule has 0 radical (unpaired) electrons. The van der Waals surface area contributed by atoms with Crippen LogP contribution in [0.1, 0.15) is 72.9 Å². The number of hydrogen-bond donors (Lipinski definition) is 2. The summed E-state index contributed by atoms with van der Waals surface area (Å²) in [6.07, 6.45) is 4.44. The van der Waals surface area contributed by atoms with Crippen molar-refractivity contribution >= 4 is 5.91 Å². The molecular weight excluding hydrogens is 560 g/mol. The molecule has 45 heavy (non-hydrogen) atoms. The molecule has 2 fully saturated rings. The van der Waals surface area contributed by atoms with Crippen molar-refractivity contribution in [2.45, 2.75) is 102 Å². The Balaban J connectivity index is 1.21. The summed E-state index contributed by atoms with van der Waals surface area (Å²) in [5.41, 5.74) is 5.52. The second-order valence-electron chi connectivity index (χ2n) is 14.6. The predicted molar refractivity (Wildman–Crippen MR) is 177 cm³/mol. The van der Waals surface area contributed by atoms with Crippen molar-refractivity contribution in [2.24, 2.45) is 5.92 Å². The van der Waals surface area contributed by atoms with E-state index >= 15 is 0 Å². The fourth-order valence-electron chi connectivity index (χ4n) is 9.28. The average Bonchev–Trinajstić information content (AvgIpc) is 3.38. The van der Waals surface area contributed by atoms with Crippen LogP contribution in [-0.4, -0.2) is 69.3 Å². The Hall–Kier alpha value is -3.35. The molecule has 1 saturated heterocycles. The van der Waals surface area contributed by atoms with Crippen molar-refractivity contribution in [3.05, 3.63) is 94.0 Å². The van der Waals surface area contributed by atoms with E-state index in [9.17, 15) is 15.0 Å². The summed E-state index contributed by atoms with van der Waals surface area (Å²) in [6.45, 7) is 11.0. The van der Waals surface area contributed by atoms with Gasteiger partial charge in [-0.25, -0.2) is 0 Å². The van der Waals surface area contributed by atoms with Gasteiger partial charge in [-0.2, -0.15) is 0 Å². The first kappa shape index (κ1) is 30.3. The Morgan fingerprint density at radius 1 is 1.02 bits per heavy atom. The monoisotopic (exact) mass is 608 g/mol. The van der Waals surface area contributed by atoms with Gasteiger partial charge in [0.15, 0.2) is 11.5 Å². The minimum atomic E-state index is -0.999. The minimum absolute atomic E-state index is 0.0379. The summed E-state index contributed by atoms with van der Waals surface area (Å²) in [7, 11) is 0. The van der Waals surface area contributed by atoms with E-state index in [0.717, 1.165) is 37.9 Å². The number of aromatic hydroxyl groups is 1. The van der Waals surface area contributed by atoms with E-state index in [-0.39, 0.29) is 23.7 Å². The van der Waals surface area contributed by atoms with Gasteiger partial charge in [0.25, 0.3) is 0 Å². The van der Waals surface area contributed by atoms with Crippen molar-refractivity contribution in [3.8, 4) is 11.5 Å². The zero-order valence-corrected chi connectivity index (χ0v) is 27.3. The number of hydrogen-bond acceptors (Lipinski definition) is 5. The van der Waals surface area contributed by atoms with Crippen LogP contribution < -0.4 is 4.74 Å². The Kier molecular flexibility index (Phi) is 7.72. The maximum Gasteiger partial charge on any atom is 0.223 e. The molecule has 1 spiro atoms. The molecule has 2 aliphatic heterocycles. The second-order valence-corrected chi connectivity index (χ2v) is 14.6. The Bertz CT molecular complexity index is 1590. The van der Waals surface area contributed by atoms with Crippen LogP contribution in [-0.2, 0) is 29.5 Å². The summed E-state index contributed by atoms with van der Waals surface area (Å²) in [4.78, 5) is 18.8. The third kappa shape index (κ3) is 4.87. The largest absolute Gasteiger partial charge is 0.504 e. The molecule has 6 heteroatoms. The first-order chi connectivity index (χ1) is 21.6. The molecule has 3 aromatic carbocycles. The lowest BCUT2D eigenvalue weighted by Gasteiger charge is -2.65. The van der Waals surface area contributed by atoms with Gasteiger partial charge in [0.05, 0.1) is 17.1 Å². The molecule has 238 valence electrons. The number of nitrogens with zero attached hydrogens (tertiary/aromatic N) is 2. The highest BCUT2D eigenvalue weighted by molar-refractivity contribution is 5.77. The molecule has 3 aromatic rings. The van der Waals surface area contributed by atoms with Gasteiger partial charge in [-0.05, 0) is 98.7 Å². The van der Waals surface area contributed by atoms with Gasteiger partial charge < -0.3 is 19.8 Å². The van der Waals surface area contributed by atoms with Gasteiger partial charge in [-0.3, -0.25) is 9.69 Å². The quantitative estimate of drug-likeness (QED) is 0.317. The molecule has 2 heterocycles. The number of piperidine rings is 1. The molecule has 6 nitrogen and oxygen atoms in total. The maximum absolute atomic E-state index is 14.2. The van der Waals surface area contributed by atoms with Gasteiger partial charge in [0.2, 0.25) is 5.91 Å². The van der Waals surface area contributed by atoms with E-state index in [1.165, 1.54) is 27.8 Å². The van der Waals surface area contributed by atoms with Crippen molar-refractivity contribution in [2.75, 3.05) is 19.6 Å². The number of phenolic OH excluding ortho intramolecular Hbond substituents is 1. The molecule has 0 aromatic heterocycles. The number of carbonyl (C=O) groups excluding carboxylic acids is 1. The molecular formula is C39H48N2O4. The molecule has 4 aliphatic rings. The molecule has 2 N–H and O–H groups in total. The predicted octanol–water partition coefficient (Wildman–Crippen LogP) is 5.89. The van der Waals surface area contributed by atoms with Gasteiger partial charge >= 0.3 is 0 Å². The van der Waals surface area contributed by atoms with Gasteiger partial charge in [-0.1, -0.05) is 68.4 Å². The number of phenols is 1. The van der Waals surface area contributed by atoms with E-state index in [1.807, 2.05) is 6.07 Å². The number of ether oxygens (including phenoxy) is 1. The first-order valence-electron chi connectivity index (χ1n) is 17.0. The molecule has 2 aliphatic carbocycles. The average molecular weight is 609 g/mol. The highest BCUT2D eigenvalue weighted by atomic mass is 16.5. The van der Waals surface area contributed by atoms with Crippen LogP contribution in [0.5, 0.6) is 11.5 Å². The number of aryl methyl sites for hydroxylation is 3. The highest BCUT2D eigenvalue weighted by Crippen LogP contribution is 2.65. The van der Waals surface area contributed by atoms with Crippen molar-refractivity contribution in [3.63, 3.8) is 0 Å². The van der Waals surface area contributed by atoms with Crippen LogP contribution >= 0.6 is 0 Å². The van der Waals surface area contributed by atoms with E-state index in [1.54, 1.807) is 6.07 Å². The smallest absolute Gasteiger partial charge is 0.223 e. The number of carbonyl (C=O) groups is 1. The van der Waals surface area contributed by atoms with Gasteiger partial charge in [0, 0.05) is 31.1 Å². The zero-order chi connectivity index (χ0) is 31.5. The molecule has 2 bridgehead atoms. The van der Waals surface area contributed by atoms with E-state index < -0.39 is 17.1 Å². The van der Waals surface area contributed by atoms with Crippen molar-refractivity contribution in [1.29, 1.82) is 0 Å². The second kappa shape index (κ2) is 11.5. The maximum atomic E-state index is 14.2. The third-order valence-electron chi connectivity index (χ3n) is 11.6. The Morgan fingerprint density at radius 3 is 2.58 bits per heavy atom. The molecule has 1 saturated carbocycles. The van der Waals surface area contributed by atoms with Crippen LogP contribution in [0.4, 0.5) is 0 Å². The number of likely N-dealkylation sites (tertiary alicyclic amines) is 1. The molecule has 1 amide bonds. The Morgan fingerprint density at radius 2 is 1.82 bits per heavy atom.